The van der Waals surface area contributed by atoms with Crippen LogP contribution < -0.4 is 15.2 Å². The lowest BCUT2D eigenvalue weighted by Gasteiger charge is -2.16. The molecule has 0 bridgehead atoms. The van der Waals surface area contributed by atoms with Crippen LogP contribution >= 0.6 is 0 Å². The Hall–Kier alpha value is -3.14. The molecule has 0 saturated heterocycles. The van der Waals surface area contributed by atoms with E-state index in [4.69, 9.17) is 24.7 Å². The third-order valence-electron chi connectivity index (χ3n) is 5.20. The second-order valence-corrected chi connectivity index (χ2v) is 8.70. The molecule has 0 spiro atoms. The van der Waals surface area contributed by atoms with E-state index in [2.05, 4.69) is 4.74 Å². The Morgan fingerprint density at radius 3 is 2.00 bits per heavy atom. The average Bonchev–Trinajstić information content (AvgIpc) is 2.84. The molecule has 2 atom stereocenters. The summed E-state index contributed by atoms with van der Waals surface area (Å²) in [6.07, 6.45) is 4.16. The first-order valence-electron chi connectivity index (χ1n) is 13.0. The van der Waals surface area contributed by atoms with Gasteiger partial charge in [0.05, 0.1) is 6.61 Å². The lowest BCUT2D eigenvalue weighted by Crippen LogP contribution is -2.36. The lowest BCUT2D eigenvalue weighted by molar-refractivity contribution is -0.148. The van der Waals surface area contributed by atoms with Crippen molar-refractivity contribution < 1.29 is 42.9 Å². The summed E-state index contributed by atoms with van der Waals surface area (Å²) in [6, 6.07) is 3.68. The van der Waals surface area contributed by atoms with Gasteiger partial charge >= 0.3 is 24.1 Å². The highest BCUT2D eigenvalue weighted by atomic mass is 16.7. The molecular formula is C27H41NO9. The van der Waals surface area contributed by atoms with Gasteiger partial charge in [-0.05, 0) is 50.8 Å². The first-order valence-corrected chi connectivity index (χ1v) is 13.0. The largest absolute Gasteiger partial charge is 0.508 e. The Bertz CT molecular complexity index is 871. The number of rotatable bonds is 17. The van der Waals surface area contributed by atoms with E-state index < -0.39 is 36.2 Å². The van der Waals surface area contributed by atoms with E-state index in [1.54, 1.807) is 19.9 Å². The number of esters is 3. The molecule has 1 aromatic rings. The van der Waals surface area contributed by atoms with Gasteiger partial charge in [0.2, 0.25) is 0 Å². The van der Waals surface area contributed by atoms with Crippen LogP contribution in [0.15, 0.2) is 18.2 Å². The van der Waals surface area contributed by atoms with E-state index in [1.165, 1.54) is 12.1 Å². The van der Waals surface area contributed by atoms with Gasteiger partial charge < -0.3 is 29.4 Å². The van der Waals surface area contributed by atoms with E-state index >= 15 is 0 Å². The van der Waals surface area contributed by atoms with Gasteiger partial charge in [-0.25, -0.2) is 4.79 Å². The Kier molecular flexibility index (Phi) is 15.6. The fraction of sp³-hybridized carbons (Fsp3) is 0.630. The van der Waals surface area contributed by atoms with Gasteiger partial charge in [0.1, 0.15) is 18.8 Å². The number of hydrogen-bond donors (Lipinski definition) is 1. The maximum Gasteiger partial charge on any atom is 0.508 e. The second-order valence-electron chi connectivity index (χ2n) is 8.70. The average molecular weight is 524 g/mol. The molecular weight excluding hydrogens is 482 g/mol. The molecule has 1 aromatic carbocycles. The minimum absolute atomic E-state index is 0.0804. The highest BCUT2D eigenvalue weighted by Gasteiger charge is 2.21. The third-order valence-corrected chi connectivity index (χ3v) is 5.20. The summed E-state index contributed by atoms with van der Waals surface area (Å²) in [4.78, 5) is 48.2. The summed E-state index contributed by atoms with van der Waals surface area (Å²) in [5, 5.41) is 0. The molecule has 0 unspecified atom stereocenters. The van der Waals surface area contributed by atoms with Gasteiger partial charge in [-0.15, -0.1) is 0 Å². The minimum atomic E-state index is -1.02. The molecule has 1 rings (SSSR count). The summed E-state index contributed by atoms with van der Waals surface area (Å²) in [5.41, 5.74) is 6.59. The summed E-state index contributed by atoms with van der Waals surface area (Å²) in [7, 11) is 0. The monoisotopic (exact) mass is 523 g/mol. The van der Waals surface area contributed by atoms with Gasteiger partial charge in [0, 0.05) is 12.8 Å². The standard InChI is InChI=1S/C27H41NO9/c1-5-8-10-12-24(29)36-22-15-14-20(17-23(22)37-25(30)13-11-9-6-2)16-21(28)26(31)34-18-19(4)35-27(32)33-7-3/h14-15,17,19,21H,5-13,16,18,28H2,1-4H3/t19-,21-/m0/s1. The van der Waals surface area contributed by atoms with E-state index in [1.807, 2.05) is 13.8 Å². The summed E-state index contributed by atoms with van der Waals surface area (Å²) >= 11 is 0. The molecule has 0 amide bonds. The van der Waals surface area contributed by atoms with Gasteiger partial charge in [-0.2, -0.15) is 0 Å². The molecule has 0 heterocycles. The zero-order valence-corrected chi connectivity index (χ0v) is 22.4. The number of carbonyl (C=O) groups is 4. The predicted octanol–water partition coefficient (Wildman–Crippen LogP) is 4.63. The second kappa shape index (κ2) is 18.2. The molecule has 0 radical (unpaired) electrons. The van der Waals surface area contributed by atoms with Crippen LogP contribution in [0.1, 0.15) is 84.6 Å². The first-order chi connectivity index (χ1) is 17.7. The molecule has 10 nitrogen and oxygen atoms in total. The van der Waals surface area contributed by atoms with E-state index in [-0.39, 0.29) is 44.0 Å². The maximum atomic E-state index is 12.3. The van der Waals surface area contributed by atoms with Crippen molar-refractivity contribution in [2.75, 3.05) is 13.2 Å². The first kappa shape index (κ1) is 31.9. The molecule has 0 aliphatic carbocycles. The summed E-state index contributed by atoms with van der Waals surface area (Å²) in [6.45, 7) is 7.26. The number of benzene rings is 1. The van der Waals surface area contributed by atoms with Crippen molar-refractivity contribution >= 4 is 24.1 Å². The van der Waals surface area contributed by atoms with Crippen LogP contribution in [-0.4, -0.2) is 49.4 Å². The van der Waals surface area contributed by atoms with Crippen molar-refractivity contribution in [3.05, 3.63) is 23.8 Å². The zero-order chi connectivity index (χ0) is 27.6. The van der Waals surface area contributed by atoms with Gasteiger partial charge in [-0.3, -0.25) is 14.4 Å². The fourth-order valence-electron chi connectivity index (χ4n) is 3.22. The van der Waals surface area contributed by atoms with Crippen LogP contribution in [0.4, 0.5) is 4.79 Å². The van der Waals surface area contributed by atoms with Crippen LogP contribution in [-0.2, 0) is 35.0 Å². The summed E-state index contributed by atoms with van der Waals surface area (Å²) in [5.74, 6) is -1.31. The van der Waals surface area contributed by atoms with Crippen molar-refractivity contribution in [2.24, 2.45) is 5.73 Å². The quantitative estimate of drug-likeness (QED) is 0.174. The predicted molar refractivity (Wildman–Crippen MR) is 136 cm³/mol. The Morgan fingerprint density at radius 2 is 1.43 bits per heavy atom. The molecule has 208 valence electrons. The van der Waals surface area contributed by atoms with Crippen molar-refractivity contribution in [3.63, 3.8) is 0 Å². The lowest BCUT2D eigenvalue weighted by atomic mass is 10.1. The number of carbonyl (C=O) groups excluding carboxylic acids is 4. The molecule has 2 N–H and O–H groups in total. The number of ether oxygens (including phenoxy) is 5. The van der Waals surface area contributed by atoms with Crippen LogP contribution in [0.25, 0.3) is 0 Å². The van der Waals surface area contributed by atoms with Gasteiger partial charge in [0.15, 0.2) is 11.5 Å². The highest BCUT2D eigenvalue weighted by Crippen LogP contribution is 2.30. The number of hydrogen-bond acceptors (Lipinski definition) is 10. The number of nitrogens with two attached hydrogens (primary N) is 1. The van der Waals surface area contributed by atoms with Crippen molar-refractivity contribution in [1.29, 1.82) is 0 Å². The normalized spacial score (nSPS) is 12.2. The maximum absolute atomic E-state index is 12.3. The molecule has 0 aliphatic heterocycles. The van der Waals surface area contributed by atoms with E-state index in [9.17, 15) is 19.2 Å². The zero-order valence-electron chi connectivity index (χ0n) is 22.4. The Morgan fingerprint density at radius 1 is 0.838 bits per heavy atom. The smallest absolute Gasteiger partial charge is 0.461 e. The molecule has 10 heteroatoms. The number of unbranched alkanes of at least 4 members (excludes halogenated alkanes) is 4. The SMILES string of the molecule is CCCCCC(=O)Oc1ccc(C[C@H](N)C(=O)OC[C@H](C)OC(=O)OCC)cc1OC(=O)CCCCC. The van der Waals surface area contributed by atoms with Crippen molar-refractivity contribution in [3.8, 4) is 11.5 Å². The van der Waals surface area contributed by atoms with Crippen LogP contribution in [0.2, 0.25) is 0 Å². The van der Waals surface area contributed by atoms with Gasteiger partial charge in [-0.1, -0.05) is 45.6 Å². The van der Waals surface area contributed by atoms with Crippen LogP contribution in [0, 0.1) is 0 Å². The minimum Gasteiger partial charge on any atom is -0.461 e. The third kappa shape index (κ3) is 13.7. The highest BCUT2D eigenvalue weighted by molar-refractivity contribution is 5.77. The van der Waals surface area contributed by atoms with E-state index in [0.717, 1.165) is 25.7 Å². The Labute approximate surface area is 219 Å². The molecule has 0 saturated carbocycles. The fourth-order valence-corrected chi connectivity index (χ4v) is 3.22. The van der Waals surface area contributed by atoms with Crippen LogP contribution in [0.3, 0.4) is 0 Å². The van der Waals surface area contributed by atoms with Crippen molar-refractivity contribution in [1.82, 2.24) is 0 Å². The van der Waals surface area contributed by atoms with E-state index in [0.29, 0.717) is 18.4 Å². The van der Waals surface area contributed by atoms with Gasteiger partial charge in [0.25, 0.3) is 0 Å². The molecule has 0 fully saturated rings. The molecule has 0 aliphatic rings. The Balaban J connectivity index is 2.83. The molecule has 37 heavy (non-hydrogen) atoms. The van der Waals surface area contributed by atoms with Crippen LogP contribution in [0.5, 0.6) is 11.5 Å². The topological polar surface area (TPSA) is 140 Å². The van der Waals surface area contributed by atoms with Crippen molar-refractivity contribution in [2.45, 2.75) is 97.6 Å². The molecule has 0 aromatic heterocycles. The summed E-state index contributed by atoms with van der Waals surface area (Å²) < 4.78 is 25.7.